The molecular formula is C14H11ClN2. The summed E-state index contributed by atoms with van der Waals surface area (Å²) in [6.45, 7) is 2.05. The van der Waals surface area contributed by atoms with Crippen molar-refractivity contribution in [1.82, 2.24) is 9.38 Å². The third kappa shape index (κ3) is 1.61. The van der Waals surface area contributed by atoms with Crippen molar-refractivity contribution < 1.29 is 0 Å². The summed E-state index contributed by atoms with van der Waals surface area (Å²) >= 11 is 6.17. The van der Waals surface area contributed by atoms with Crippen LogP contribution in [0, 0.1) is 6.92 Å². The van der Waals surface area contributed by atoms with Crippen LogP contribution in [0.1, 0.15) is 5.69 Å². The molecule has 84 valence electrons. The van der Waals surface area contributed by atoms with Gasteiger partial charge in [-0.1, -0.05) is 48.0 Å². The van der Waals surface area contributed by atoms with E-state index >= 15 is 0 Å². The number of halogens is 1. The second-order valence-corrected chi connectivity index (χ2v) is 4.34. The van der Waals surface area contributed by atoms with E-state index in [9.17, 15) is 0 Å². The number of aromatic nitrogens is 2. The summed E-state index contributed by atoms with van der Waals surface area (Å²) in [5.41, 5.74) is 3.15. The third-order valence-electron chi connectivity index (χ3n) is 2.84. The Balaban J connectivity index is 2.38. The molecule has 0 bridgehead atoms. The van der Waals surface area contributed by atoms with Crippen molar-refractivity contribution in [3.63, 3.8) is 0 Å². The molecule has 3 rings (SSSR count). The molecule has 0 spiro atoms. The van der Waals surface area contributed by atoms with Crippen molar-refractivity contribution >= 4 is 17.1 Å². The van der Waals surface area contributed by atoms with Crippen LogP contribution in [0.15, 0.2) is 48.5 Å². The fourth-order valence-corrected chi connectivity index (χ4v) is 2.27. The summed E-state index contributed by atoms with van der Waals surface area (Å²) < 4.78 is 2.08. The van der Waals surface area contributed by atoms with E-state index in [-0.39, 0.29) is 0 Å². The van der Waals surface area contributed by atoms with Crippen LogP contribution in [0.4, 0.5) is 0 Å². The van der Waals surface area contributed by atoms with Crippen LogP contribution in [-0.4, -0.2) is 9.38 Å². The number of imidazole rings is 1. The number of hydrogen-bond donors (Lipinski definition) is 0. The van der Waals surface area contributed by atoms with Crippen molar-refractivity contribution in [3.8, 4) is 11.4 Å². The quantitative estimate of drug-likeness (QED) is 0.631. The van der Waals surface area contributed by atoms with Crippen molar-refractivity contribution in [2.24, 2.45) is 0 Å². The van der Waals surface area contributed by atoms with Crippen LogP contribution in [0.3, 0.4) is 0 Å². The van der Waals surface area contributed by atoms with E-state index in [1.54, 1.807) is 0 Å². The van der Waals surface area contributed by atoms with Gasteiger partial charge in [0.25, 0.3) is 0 Å². The van der Waals surface area contributed by atoms with Crippen LogP contribution in [-0.2, 0) is 0 Å². The molecule has 0 saturated heterocycles. The summed E-state index contributed by atoms with van der Waals surface area (Å²) in [5.74, 6) is 0.892. The smallest absolute Gasteiger partial charge is 0.155 e. The lowest BCUT2D eigenvalue weighted by Gasteiger charge is -2.04. The predicted octanol–water partition coefficient (Wildman–Crippen LogP) is 3.96. The summed E-state index contributed by atoms with van der Waals surface area (Å²) in [4.78, 5) is 4.45. The molecule has 0 aliphatic heterocycles. The fourth-order valence-electron chi connectivity index (χ4n) is 2.04. The number of rotatable bonds is 1. The first-order valence-corrected chi connectivity index (χ1v) is 5.84. The zero-order valence-corrected chi connectivity index (χ0v) is 10.1. The van der Waals surface area contributed by atoms with Crippen molar-refractivity contribution in [3.05, 3.63) is 59.4 Å². The molecule has 2 aromatic heterocycles. The maximum Gasteiger partial charge on any atom is 0.155 e. The van der Waals surface area contributed by atoms with Gasteiger partial charge < -0.3 is 0 Å². The fraction of sp³-hybridized carbons (Fsp3) is 0.0714. The molecule has 3 heteroatoms. The Kier molecular flexibility index (Phi) is 2.37. The van der Waals surface area contributed by atoms with Gasteiger partial charge in [0, 0.05) is 11.3 Å². The Morgan fingerprint density at radius 2 is 1.76 bits per heavy atom. The van der Waals surface area contributed by atoms with Gasteiger partial charge in [-0.15, -0.1) is 0 Å². The summed E-state index contributed by atoms with van der Waals surface area (Å²) in [6.07, 6.45) is 0. The lowest BCUT2D eigenvalue weighted by atomic mass is 10.2. The highest BCUT2D eigenvalue weighted by Crippen LogP contribution is 2.26. The molecule has 2 heterocycles. The minimum Gasteiger partial charge on any atom is -0.295 e. The minimum absolute atomic E-state index is 0.549. The molecule has 0 aliphatic rings. The second-order valence-electron chi connectivity index (χ2n) is 3.98. The molecule has 2 nitrogen and oxygen atoms in total. The van der Waals surface area contributed by atoms with E-state index in [1.165, 1.54) is 0 Å². The van der Waals surface area contributed by atoms with Crippen LogP contribution >= 0.6 is 11.6 Å². The molecule has 0 saturated carbocycles. The molecule has 0 fully saturated rings. The molecule has 0 amide bonds. The van der Waals surface area contributed by atoms with Crippen molar-refractivity contribution in [2.45, 2.75) is 6.92 Å². The third-order valence-corrected chi connectivity index (χ3v) is 3.12. The number of pyridine rings is 1. The van der Waals surface area contributed by atoms with E-state index in [4.69, 9.17) is 11.6 Å². The first-order chi connectivity index (χ1) is 8.27. The Labute approximate surface area is 104 Å². The van der Waals surface area contributed by atoms with Gasteiger partial charge in [-0.2, -0.15) is 0 Å². The lowest BCUT2D eigenvalue weighted by molar-refractivity contribution is 1.08. The standard InChI is InChI=1S/C14H11ClN2/c1-10-6-5-9-12-13(15)16-14(17(10)12)11-7-3-2-4-8-11/h2-9H,1H3. The highest BCUT2D eigenvalue weighted by Gasteiger charge is 2.11. The molecule has 0 atom stereocenters. The number of hydrogen-bond acceptors (Lipinski definition) is 1. The molecule has 0 unspecified atom stereocenters. The molecule has 0 radical (unpaired) electrons. The Morgan fingerprint density at radius 3 is 2.53 bits per heavy atom. The number of aryl methyl sites for hydroxylation is 1. The second kappa shape index (κ2) is 3.90. The SMILES string of the molecule is Cc1cccc2c(Cl)nc(-c3ccccc3)n12. The maximum atomic E-state index is 6.17. The maximum absolute atomic E-state index is 6.17. The average Bonchev–Trinajstić information content (AvgIpc) is 2.70. The van der Waals surface area contributed by atoms with E-state index in [1.807, 2.05) is 42.5 Å². The lowest BCUT2D eigenvalue weighted by Crippen LogP contribution is -1.93. The van der Waals surface area contributed by atoms with Gasteiger partial charge >= 0.3 is 0 Å². The van der Waals surface area contributed by atoms with Crippen molar-refractivity contribution in [1.29, 1.82) is 0 Å². The molecule has 1 aromatic carbocycles. The number of fused-ring (bicyclic) bond motifs is 1. The van der Waals surface area contributed by atoms with Crippen LogP contribution in [0.25, 0.3) is 16.9 Å². The van der Waals surface area contributed by atoms with Gasteiger partial charge in [0.05, 0.1) is 5.52 Å². The molecular weight excluding hydrogens is 232 g/mol. The van der Waals surface area contributed by atoms with Crippen LogP contribution < -0.4 is 0 Å². The molecule has 0 N–H and O–H groups in total. The highest BCUT2D eigenvalue weighted by molar-refractivity contribution is 6.32. The van der Waals surface area contributed by atoms with Crippen LogP contribution in [0.5, 0.6) is 0 Å². The largest absolute Gasteiger partial charge is 0.295 e. The zero-order valence-electron chi connectivity index (χ0n) is 9.39. The zero-order chi connectivity index (χ0) is 11.8. The average molecular weight is 243 g/mol. The normalized spacial score (nSPS) is 10.9. The first-order valence-electron chi connectivity index (χ1n) is 5.46. The monoisotopic (exact) mass is 242 g/mol. The van der Waals surface area contributed by atoms with E-state index in [2.05, 4.69) is 22.4 Å². The highest BCUT2D eigenvalue weighted by atomic mass is 35.5. The Hall–Kier alpha value is -1.80. The topological polar surface area (TPSA) is 17.3 Å². The Morgan fingerprint density at radius 1 is 1.00 bits per heavy atom. The summed E-state index contributed by atoms with van der Waals surface area (Å²) in [7, 11) is 0. The first kappa shape index (κ1) is 10.4. The van der Waals surface area contributed by atoms with Gasteiger partial charge in [0.2, 0.25) is 0 Å². The van der Waals surface area contributed by atoms with Gasteiger partial charge in [0.15, 0.2) is 5.15 Å². The Bertz CT molecular complexity index is 671. The molecule has 17 heavy (non-hydrogen) atoms. The van der Waals surface area contributed by atoms with E-state index in [0.717, 1.165) is 22.6 Å². The summed E-state index contributed by atoms with van der Waals surface area (Å²) in [5, 5.41) is 0.549. The minimum atomic E-state index is 0.549. The van der Waals surface area contributed by atoms with Gasteiger partial charge in [-0.25, -0.2) is 4.98 Å². The number of benzene rings is 1. The molecule has 0 aliphatic carbocycles. The van der Waals surface area contributed by atoms with Gasteiger partial charge in [-0.3, -0.25) is 4.40 Å². The predicted molar refractivity (Wildman–Crippen MR) is 70.4 cm³/mol. The van der Waals surface area contributed by atoms with Crippen molar-refractivity contribution in [2.75, 3.05) is 0 Å². The van der Waals surface area contributed by atoms with E-state index < -0.39 is 0 Å². The van der Waals surface area contributed by atoms with Gasteiger partial charge in [0.1, 0.15) is 5.82 Å². The van der Waals surface area contributed by atoms with Crippen LogP contribution in [0.2, 0.25) is 5.15 Å². The number of nitrogens with zero attached hydrogens (tertiary/aromatic N) is 2. The molecule has 3 aromatic rings. The summed E-state index contributed by atoms with van der Waals surface area (Å²) in [6, 6.07) is 16.1. The van der Waals surface area contributed by atoms with E-state index in [0.29, 0.717) is 5.15 Å². The van der Waals surface area contributed by atoms with Gasteiger partial charge in [-0.05, 0) is 19.1 Å².